The summed E-state index contributed by atoms with van der Waals surface area (Å²) in [5, 5.41) is 14.9. The van der Waals surface area contributed by atoms with Crippen LogP contribution in [-0.2, 0) is 14.1 Å². The number of fused-ring (bicyclic) bond motifs is 1. The summed E-state index contributed by atoms with van der Waals surface area (Å²) < 4.78 is 13.3. The van der Waals surface area contributed by atoms with Crippen molar-refractivity contribution in [3.63, 3.8) is 0 Å². The third kappa shape index (κ3) is 6.86. The Kier molecular flexibility index (Phi) is 9.56. The molecule has 1 saturated heterocycles. The van der Waals surface area contributed by atoms with Crippen molar-refractivity contribution in [3.05, 3.63) is 58.1 Å². The van der Waals surface area contributed by atoms with Crippen LogP contribution in [0.5, 0.6) is 0 Å². The molecule has 11 nitrogen and oxygen atoms in total. The van der Waals surface area contributed by atoms with Gasteiger partial charge < -0.3 is 20.4 Å². The molecule has 0 unspecified atom stereocenters. The summed E-state index contributed by atoms with van der Waals surface area (Å²) >= 11 is 0. The zero-order valence-corrected chi connectivity index (χ0v) is 27.0. The van der Waals surface area contributed by atoms with E-state index in [1.807, 2.05) is 41.8 Å². The van der Waals surface area contributed by atoms with Crippen LogP contribution in [0.2, 0.25) is 0 Å². The van der Waals surface area contributed by atoms with Gasteiger partial charge in [0.2, 0.25) is 5.91 Å². The maximum Gasteiger partial charge on any atom is 0.481 e. The quantitative estimate of drug-likeness (QED) is 0.0554. The van der Waals surface area contributed by atoms with E-state index in [2.05, 4.69) is 44.9 Å². The molecule has 3 aliphatic carbocycles. The van der Waals surface area contributed by atoms with E-state index in [1.54, 1.807) is 6.07 Å². The Morgan fingerprint density at radius 3 is 2.60 bits per heavy atom. The van der Waals surface area contributed by atoms with Crippen molar-refractivity contribution >= 4 is 35.5 Å². The first kappa shape index (κ1) is 32.9. The zero-order chi connectivity index (χ0) is 32.5. The monoisotopic (exact) mass is 619 g/mol. The van der Waals surface area contributed by atoms with E-state index in [0.717, 1.165) is 23.6 Å². The molecule has 4 aliphatic rings. The smallest absolute Gasteiger partial charge is 0.404 e. The normalized spacial score (nSPS) is 26.6. The number of rotatable bonds is 13. The summed E-state index contributed by atoms with van der Waals surface area (Å²) in [5.74, 6) is -0.432. The summed E-state index contributed by atoms with van der Waals surface area (Å²) in [7, 11) is -0.575. The van der Waals surface area contributed by atoms with Crippen molar-refractivity contribution < 1.29 is 23.9 Å². The third-order valence-electron chi connectivity index (χ3n) is 10.4. The van der Waals surface area contributed by atoms with Crippen LogP contribution in [0.15, 0.2) is 47.5 Å². The van der Waals surface area contributed by atoms with Gasteiger partial charge in [-0.1, -0.05) is 75.6 Å². The first-order valence-corrected chi connectivity index (χ1v) is 16.1. The molecule has 242 valence electrons. The lowest BCUT2D eigenvalue weighted by atomic mass is 9.43. The minimum atomic E-state index is -0.777. The number of hydrogen-bond acceptors (Lipinski definition) is 7. The average molecular weight is 620 g/mol. The molecule has 6 rings (SSSR count). The van der Waals surface area contributed by atoms with Crippen molar-refractivity contribution in [1.82, 2.24) is 10.7 Å². The van der Waals surface area contributed by atoms with Gasteiger partial charge in [0.05, 0.1) is 17.6 Å². The molecule has 0 aromatic heterocycles. The Morgan fingerprint density at radius 1 is 1.16 bits per heavy atom. The Hall–Kier alpha value is -3.51. The predicted octanol–water partition coefficient (Wildman–Crippen LogP) is 4.70. The third-order valence-corrected chi connectivity index (χ3v) is 10.4. The summed E-state index contributed by atoms with van der Waals surface area (Å²) in [6.45, 7) is 11.2. The molecule has 1 heterocycles. The van der Waals surface area contributed by atoms with E-state index in [4.69, 9.17) is 15.0 Å². The average Bonchev–Trinajstić information content (AvgIpc) is 3.34. The largest absolute Gasteiger partial charge is 0.481 e. The maximum absolute atomic E-state index is 14.0. The fraction of sp³-hybridized carbons (Fsp3) is 0.606. The second-order valence-electron chi connectivity index (χ2n) is 14.2. The number of hydrazine groups is 1. The molecule has 1 aliphatic heterocycles. The number of nitro groups is 1. The fourth-order valence-corrected chi connectivity index (χ4v) is 7.91. The van der Waals surface area contributed by atoms with Crippen LogP contribution in [0.1, 0.15) is 83.5 Å². The number of nitrogens with zero attached hydrogens (tertiary/aromatic N) is 2. The number of nitrogens with one attached hydrogen (secondary N) is 2. The molecule has 2 bridgehead atoms. The van der Waals surface area contributed by atoms with Crippen LogP contribution in [0, 0.1) is 39.2 Å². The molecule has 6 atom stereocenters. The number of benzene rings is 2. The van der Waals surface area contributed by atoms with Gasteiger partial charge in [-0.2, -0.15) is 0 Å². The zero-order valence-electron chi connectivity index (χ0n) is 27.0. The van der Waals surface area contributed by atoms with Crippen LogP contribution < -0.4 is 16.5 Å². The van der Waals surface area contributed by atoms with Crippen molar-refractivity contribution in [1.29, 1.82) is 0 Å². The van der Waals surface area contributed by atoms with Gasteiger partial charge in [0, 0.05) is 24.4 Å². The molecular weight excluding hydrogens is 573 g/mol. The summed E-state index contributed by atoms with van der Waals surface area (Å²) in [6, 6.07) is 13.3. The molecule has 1 amide bonds. The van der Waals surface area contributed by atoms with Gasteiger partial charge >= 0.3 is 7.12 Å². The van der Waals surface area contributed by atoms with Crippen LogP contribution in [0.25, 0.3) is 10.8 Å². The minimum absolute atomic E-state index is 0.00521. The lowest BCUT2D eigenvalue weighted by molar-refractivity contribution is -0.525. The topological polar surface area (TPSA) is 158 Å². The molecule has 0 spiro atoms. The number of amides is 1. The highest BCUT2D eigenvalue weighted by molar-refractivity contribution is 6.47. The number of aliphatic imine (C=N–C) groups is 1. The van der Waals surface area contributed by atoms with Gasteiger partial charge in [-0.25, -0.2) is 15.1 Å². The lowest BCUT2D eigenvalue weighted by Gasteiger charge is -2.64. The van der Waals surface area contributed by atoms with Crippen molar-refractivity contribution in [3.8, 4) is 0 Å². The Labute approximate surface area is 265 Å². The van der Waals surface area contributed by atoms with Gasteiger partial charge in [-0.05, 0) is 73.0 Å². The standard InChI is InChI=1S/C33H46BN5O6/c1-20(2)16-29(34-44-28-19-23-18-27(32(23,3)4)33(28,5)45-34)37-30(41)22(12-9-15-36-31(35)38-39(42)43)17-26(40)25-14-8-11-21-10-6-7-13-24(21)25/h6-8,10-11,13-14,20,22-23,27-29H,9,12,15-19H2,1-5H3,(H,37,41)(H3,35,36,38)/t22-,23-,27-,28-,29+,33+/m1/s1. The van der Waals surface area contributed by atoms with Gasteiger partial charge in [0.15, 0.2) is 10.8 Å². The Morgan fingerprint density at radius 2 is 1.89 bits per heavy atom. The van der Waals surface area contributed by atoms with E-state index < -0.39 is 23.7 Å². The minimum Gasteiger partial charge on any atom is -0.404 e. The highest BCUT2D eigenvalue weighted by atomic mass is 16.7. The Bertz CT molecular complexity index is 1460. The van der Waals surface area contributed by atoms with E-state index in [-0.39, 0.29) is 54.0 Å². The Balaban J connectivity index is 1.33. The van der Waals surface area contributed by atoms with Crippen LogP contribution in [-0.4, -0.2) is 54.0 Å². The number of carbonyl (C=O) groups excluding carboxylic acids is 2. The summed E-state index contributed by atoms with van der Waals surface area (Å²) in [5.41, 5.74) is 7.77. The number of carbonyl (C=O) groups is 2. The second kappa shape index (κ2) is 13.1. The van der Waals surface area contributed by atoms with Crippen LogP contribution >= 0.6 is 0 Å². The highest BCUT2D eigenvalue weighted by Crippen LogP contribution is 2.65. The van der Waals surface area contributed by atoms with Gasteiger partial charge in [-0.15, -0.1) is 0 Å². The first-order chi connectivity index (χ1) is 21.3. The molecule has 12 heteroatoms. The number of nitrogens with two attached hydrogens (primary N) is 1. The van der Waals surface area contributed by atoms with Crippen molar-refractivity contribution in [2.75, 3.05) is 6.54 Å². The number of ketones is 1. The van der Waals surface area contributed by atoms with Crippen LogP contribution in [0.4, 0.5) is 0 Å². The molecular formula is C33H46BN5O6. The molecule has 45 heavy (non-hydrogen) atoms. The van der Waals surface area contributed by atoms with E-state index in [1.165, 1.54) is 0 Å². The SMILES string of the molecule is CC(C)C[C@H](NC(=O)[C@H](CCCN=C(N)N[N+](=O)[O-])CC(=O)c1cccc2ccccc12)B1O[C@@H]2C[C@H]3C[C@H](C3(C)C)[C@]2(C)O1. The van der Waals surface area contributed by atoms with Gasteiger partial charge in [0.25, 0.3) is 5.96 Å². The number of guanidine groups is 1. The number of Topliss-reactive ketones (excluding diaryl/α,β-unsaturated/α-hetero) is 1. The molecule has 3 saturated carbocycles. The van der Waals surface area contributed by atoms with Crippen molar-refractivity contribution in [2.24, 2.45) is 39.8 Å². The van der Waals surface area contributed by atoms with Gasteiger partial charge in [-0.3, -0.25) is 9.59 Å². The number of hydrogen-bond donors (Lipinski definition) is 3. The molecule has 4 N–H and O–H groups in total. The maximum atomic E-state index is 14.0. The van der Waals surface area contributed by atoms with Gasteiger partial charge in [0.1, 0.15) is 0 Å². The fourth-order valence-electron chi connectivity index (χ4n) is 7.91. The molecule has 2 aromatic carbocycles. The first-order valence-electron chi connectivity index (χ1n) is 16.1. The predicted molar refractivity (Wildman–Crippen MR) is 174 cm³/mol. The molecule has 2 aromatic rings. The highest BCUT2D eigenvalue weighted by Gasteiger charge is 2.68. The summed E-state index contributed by atoms with van der Waals surface area (Å²) in [6.07, 6.45) is 3.50. The van der Waals surface area contributed by atoms with E-state index in [9.17, 15) is 19.7 Å². The van der Waals surface area contributed by atoms with E-state index >= 15 is 0 Å². The molecule has 0 radical (unpaired) electrons. The van der Waals surface area contributed by atoms with Crippen molar-refractivity contribution in [2.45, 2.75) is 90.8 Å². The van der Waals surface area contributed by atoms with Crippen LogP contribution in [0.3, 0.4) is 0 Å². The molecule has 4 fully saturated rings. The van der Waals surface area contributed by atoms with E-state index in [0.29, 0.717) is 36.7 Å². The summed E-state index contributed by atoms with van der Waals surface area (Å²) in [4.78, 5) is 42.4. The lowest BCUT2D eigenvalue weighted by Crippen LogP contribution is -2.65. The second-order valence-corrected chi connectivity index (χ2v) is 14.2.